The maximum atomic E-state index is 12.3. The minimum Gasteiger partial charge on any atom is -0.351 e. The lowest BCUT2D eigenvalue weighted by molar-refractivity contribution is 0.0957. The number of carbonyl (C=O) groups excluding carboxylic acids is 1. The number of aromatic nitrogens is 2. The van der Waals surface area contributed by atoms with Crippen molar-refractivity contribution in [1.29, 1.82) is 0 Å². The fraction of sp³-hybridized carbons (Fsp3) is 0.526. The Morgan fingerprint density at radius 2 is 2.24 bits per heavy atom. The van der Waals surface area contributed by atoms with Gasteiger partial charge in [0.1, 0.15) is 5.82 Å². The molecule has 134 valence electrons. The van der Waals surface area contributed by atoms with Crippen LogP contribution >= 0.6 is 11.3 Å². The molecular weight excluding hydrogens is 332 g/mol. The highest BCUT2D eigenvalue weighted by atomic mass is 32.1. The Morgan fingerprint density at radius 3 is 3.00 bits per heavy atom. The Kier molecular flexibility index (Phi) is 5.49. The topological polar surface area (TPSA) is 66.9 Å². The first-order valence-electron chi connectivity index (χ1n) is 8.86. The third-order valence-corrected chi connectivity index (χ3v) is 5.48. The van der Waals surface area contributed by atoms with Crippen LogP contribution in [0, 0.1) is 0 Å². The summed E-state index contributed by atoms with van der Waals surface area (Å²) in [6.45, 7) is 8.88. The van der Waals surface area contributed by atoms with Gasteiger partial charge in [-0.3, -0.25) is 4.79 Å². The highest BCUT2D eigenvalue weighted by Gasteiger charge is 2.18. The number of aryl methyl sites for hydroxylation is 1. The average Bonchev–Trinajstić information content (AvgIpc) is 3.02. The monoisotopic (exact) mass is 358 g/mol. The summed E-state index contributed by atoms with van der Waals surface area (Å²) in [5, 5.41) is 6.37. The van der Waals surface area contributed by atoms with Crippen LogP contribution in [0.15, 0.2) is 18.3 Å². The molecule has 2 N–H and O–H groups in total. The van der Waals surface area contributed by atoms with E-state index >= 15 is 0 Å². The molecule has 1 amide bonds. The molecule has 0 fully saturated rings. The molecule has 0 radical (unpaired) electrons. The first-order valence-corrected chi connectivity index (χ1v) is 9.68. The average molecular weight is 359 g/mol. The van der Waals surface area contributed by atoms with E-state index in [2.05, 4.69) is 41.4 Å². The molecular formula is C19H26N4OS. The summed E-state index contributed by atoms with van der Waals surface area (Å²) in [5.41, 5.74) is 2.26. The van der Waals surface area contributed by atoms with Crippen LogP contribution in [0.4, 0.5) is 0 Å². The Bertz CT molecular complexity index is 725. The zero-order valence-corrected chi connectivity index (χ0v) is 16.0. The van der Waals surface area contributed by atoms with Crippen molar-refractivity contribution in [1.82, 2.24) is 20.6 Å². The lowest BCUT2D eigenvalue weighted by Crippen LogP contribution is -2.24. The maximum Gasteiger partial charge on any atom is 0.261 e. The maximum absolute atomic E-state index is 12.3. The van der Waals surface area contributed by atoms with Crippen molar-refractivity contribution in [3.8, 4) is 0 Å². The van der Waals surface area contributed by atoms with Crippen molar-refractivity contribution < 1.29 is 4.79 Å². The molecule has 0 saturated heterocycles. The second-order valence-corrected chi connectivity index (χ2v) is 8.60. The van der Waals surface area contributed by atoms with E-state index in [9.17, 15) is 4.79 Å². The van der Waals surface area contributed by atoms with Gasteiger partial charge in [0.25, 0.3) is 5.91 Å². The van der Waals surface area contributed by atoms with E-state index in [1.165, 1.54) is 10.4 Å². The highest BCUT2D eigenvalue weighted by molar-refractivity contribution is 7.14. The molecule has 1 aliphatic heterocycles. The van der Waals surface area contributed by atoms with Gasteiger partial charge in [0.2, 0.25) is 0 Å². The van der Waals surface area contributed by atoms with Crippen molar-refractivity contribution >= 4 is 17.2 Å². The zero-order chi connectivity index (χ0) is 17.9. The van der Waals surface area contributed by atoms with Crippen LogP contribution in [0.2, 0.25) is 0 Å². The van der Waals surface area contributed by atoms with E-state index in [0.717, 1.165) is 48.7 Å². The SMILES string of the molecule is CC(C)(C)c1nccc(CCCNC(=O)c2cc3c(s2)CCNC3)n1. The van der Waals surface area contributed by atoms with E-state index in [1.807, 2.05) is 18.3 Å². The van der Waals surface area contributed by atoms with Crippen molar-refractivity contribution in [3.05, 3.63) is 45.2 Å². The van der Waals surface area contributed by atoms with Crippen LogP contribution in [0.5, 0.6) is 0 Å². The van der Waals surface area contributed by atoms with Gasteiger partial charge in [-0.05, 0) is 37.0 Å². The predicted octanol–water partition coefficient (Wildman–Crippen LogP) is 2.84. The molecule has 3 rings (SSSR count). The first kappa shape index (κ1) is 18.0. The van der Waals surface area contributed by atoms with E-state index in [-0.39, 0.29) is 11.3 Å². The molecule has 0 bridgehead atoms. The van der Waals surface area contributed by atoms with Crippen LogP contribution in [0.25, 0.3) is 0 Å². The van der Waals surface area contributed by atoms with E-state index in [1.54, 1.807) is 11.3 Å². The molecule has 0 aliphatic carbocycles. The molecule has 25 heavy (non-hydrogen) atoms. The van der Waals surface area contributed by atoms with Crippen LogP contribution < -0.4 is 10.6 Å². The number of fused-ring (bicyclic) bond motifs is 1. The van der Waals surface area contributed by atoms with Gasteiger partial charge < -0.3 is 10.6 Å². The number of rotatable bonds is 5. The lowest BCUT2D eigenvalue weighted by atomic mass is 9.95. The molecule has 5 nitrogen and oxygen atoms in total. The van der Waals surface area contributed by atoms with Gasteiger partial charge in [-0.15, -0.1) is 11.3 Å². The second kappa shape index (κ2) is 7.62. The lowest BCUT2D eigenvalue weighted by Gasteiger charge is -2.16. The summed E-state index contributed by atoms with van der Waals surface area (Å²) in [4.78, 5) is 23.5. The number of thiophene rings is 1. The number of hydrogen-bond acceptors (Lipinski definition) is 5. The van der Waals surface area contributed by atoms with Crippen molar-refractivity contribution in [2.75, 3.05) is 13.1 Å². The quantitative estimate of drug-likeness (QED) is 0.807. The Morgan fingerprint density at radius 1 is 1.40 bits per heavy atom. The van der Waals surface area contributed by atoms with Crippen LogP contribution in [0.3, 0.4) is 0 Å². The van der Waals surface area contributed by atoms with Gasteiger partial charge in [0, 0.05) is 41.8 Å². The Balaban J connectivity index is 1.48. The van der Waals surface area contributed by atoms with E-state index in [0.29, 0.717) is 6.54 Å². The standard InChI is InChI=1S/C19H26N4OS/c1-19(2,3)18-22-10-6-14(23-18)5-4-8-21-17(24)16-11-13-12-20-9-7-15(13)25-16/h6,10-11,20H,4-5,7-9,12H2,1-3H3,(H,21,24). The zero-order valence-electron chi connectivity index (χ0n) is 15.2. The summed E-state index contributed by atoms with van der Waals surface area (Å²) >= 11 is 1.63. The van der Waals surface area contributed by atoms with Crippen LogP contribution in [-0.4, -0.2) is 29.0 Å². The number of amides is 1. The van der Waals surface area contributed by atoms with Crippen LogP contribution in [0.1, 0.15) is 58.8 Å². The first-order chi connectivity index (χ1) is 11.9. The minimum absolute atomic E-state index is 0.0393. The minimum atomic E-state index is -0.0443. The molecule has 6 heteroatoms. The van der Waals surface area contributed by atoms with Gasteiger partial charge in [0.05, 0.1) is 4.88 Å². The van der Waals surface area contributed by atoms with Gasteiger partial charge in [-0.1, -0.05) is 20.8 Å². The third-order valence-electron chi connectivity index (χ3n) is 4.24. The van der Waals surface area contributed by atoms with Gasteiger partial charge in [-0.2, -0.15) is 0 Å². The molecule has 0 aromatic carbocycles. The highest BCUT2D eigenvalue weighted by Crippen LogP contribution is 2.25. The predicted molar refractivity (Wildman–Crippen MR) is 101 cm³/mol. The molecule has 0 unspecified atom stereocenters. The molecule has 3 heterocycles. The Labute approximate surface area is 153 Å². The third kappa shape index (κ3) is 4.64. The molecule has 2 aromatic heterocycles. The molecule has 1 aliphatic rings. The largest absolute Gasteiger partial charge is 0.351 e. The molecule has 0 spiro atoms. The van der Waals surface area contributed by atoms with Crippen molar-refractivity contribution in [2.45, 2.75) is 52.0 Å². The van der Waals surface area contributed by atoms with Crippen molar-refractivity contribution in [3.63, 3.8) is 0 Å². The molecule has 0 saturated carbocycles. The van der Waals surface area contributed by atoms with Crippen molar-refractivity contribution in [2.24, 2.45) is 0 Å². The number of carbonyl (C=O) groups is 1. The second-order valence-electron chi connectivity index (χ2n) is 7.47. The molecule has 0 atom stereocenters. The fourth-order valence-corrected chi connectivity index (χ4v) is 3.92. The van der Waals surface area contributed by atoms with E-state index in [4.69, 9.17) is 0 Å². The Hall–Kier alpha value is -1.79. The van der Waals surface area contributed by atoms with Gasteiger partial charge >= 0.3 is 0 Å². The summed E-state index contributed by atoms with van der Waals surface area (Å²) < 4.78 is 0. The van der Waals surface area contributed by atoms with Gasteiger partial charge in [-0.25, -0.2) is 9.97 Å². The van der Waals surface area contributed by atoms with Gasteiger partial charge in [0.15, 0.2) is 0 Å². The van der Waals surface area contributed by atoms with E-state index < -0.39 is 0 Å². The normalized spacial score (nSPS) is 14.2. The summed E-state index contributed by atoms with van der Waals surface area (Å²) in [5.74, 6) is 0.907. The summed E-state index contributed by atoms with van der Waals surface area (Å²) in [6.07, 6.45) is 4.57. The van der Waals surface area contributed by atoms with Crippen LogP contribution in [-0.2, 0) is 24.8 Å². The smallest absolute Gasteiger partial charge is 0.261 e. The number of nitrogens with zero attached hydrogens (tertiary/aromatic N) is 2. The number of hydrogen-bond donors (Lipinski definition) is 2. The fourth-order valence-electron chi connectivity index (χ4n) is 2.82. The summed E-state index contributed by atoms with van der Waals surface area (Å²) in [6, 6.07) is 3.99. The number of nitrogens with one attached hydrogen (secondary N) is 2. The molecule has 2 aromatic rings. The summed E-state index contributed by atoms with van der Waals surface area (Å²) in [7, 11) is 0.